The van der Waals surface area contributed by atoms with Crippen LogP contribution in [0.4, 0.5) is 13.2 Å². The molecule has 0 saturated heterocycles. The van der Waals surface area contributed by atoms with Gasteiger partial charge in [0.2, 0.25) is 11.7 Å². The molecule has 0 unspecified atom stereocenters. The van der Waals surface area contributed by atoms with Crippen molar-refractivity contribution in [1.29, 1.82) is 0 Å². The van der Waals surface area contributed by atoms with Gasteiger partial charge in [0.25, 0.3) is 0 Å². The van der Waals surface area contributed by atoms with Gasteiger partial charge in [-0.25, -0.2) is 0 Å². The van der Waals surface area contributed by atoms with Gasteiger partial charge in [-0.2, -0.15) is 18.2 Å². The van der Waals surface area contributed by atoms with Crippen LogP contribution in [-0.4, -0.2) is 22.1 Å². The highest BCUT2D eigenvalue weighted by atomic mass is 79.9. The Morgan fingerprint density at radius 2 is 1.84 bits per heavy atom. The third kappa shape index (κ3) is 4.68. The number of alkyl halides is 3. The fourth-order valence-electron chi connectivity index (χ4n) is 2.23. The molecule has 0 spiro atoms. The molecular weight excluding hydrogens is 419 g/mol. The van der Waals surface area contributed by atoms with Crippen LogP contribution in [-0.2, 0) is 19.3 Å². The molecular formula is C16H13BrF3N3OS. The maximum Gasteiger partial charge on any atom is 0.416 e. The Morgan fingerprint density at radius 1 is 1.12 bits per heavy atom. The van der Waals surface area contributed by atoms with Crippen LogP contribution < -0.4 is 0 Å². The third-order valence-electron chi connectivity index (χ3n) is 3.40. The Hall–Kier alpha value is -1.71. The molecule has 0 atom stereocenters. The number of benzene rings is 1. The molecule has 1 aromatic carbocycles. The summed E-state index contributed by atoms with van der Waals surface area (Å²) in [7, 11) is 1.93. The van der Waals surface area contributed by atoms with Gasteiger partial charge in [0.05, 0.1) is 15.9 Å². The van der Waals surface area contributed by atoms with Gasteiger partial charge in [0, 0.05) is 17.0 Å². The predicted octanol–water partition coefficient (Wildman–Crippen LogP) is 5.21. The lowest BCUT2D eigenvalue weighted by Crippen LogP contribution is -2.16. The van der Waals surface area contributed by atoms with E-state index in [1.165, 1.54) is 17.0 Å². The van der Waals surface area contributed by atoms with Crippen molar-refractivity contribution in [3.05, 3.63) is 56.5 Å². The van der Waals surface area contributed by atoms with Gasteiger partial charge in [0.15, 0.2) is 0 Å². The summed E-state index contributed by atoms with van der Waals surface area (Å²) in [6.07, 6.45) is -4.36. The monoisotopic (exact) mass is 431 g/mol. The van der Waals surface area contributed by atoms with Crippen molar-refractivity contribution in [2.24, 2.45) is 0 Å². The Kier molecular flexibility index (Phi) is 5.26. The number of nitrogens with zero attached hydrogens (tertiary/aromatic N) is 3. The van der Waals surface area contributed by atoms with Gasteiger partial charge in [-0.1, -0.05) is 17.3 Å². The lowest BCUT2D eigenvalue weighted by atomic mass is 10.1. The zero-order valence-electron chi connectivity index (χ0n) is 13.0. The Morgan fingerprint density at radius 3 is 2.44 bits per heavy atom. The second kappa shape index (κ2) is 7.27. The van der Waals surface area contributed by atoms with Crippen molar-refractivity contribution in [2.45, 2.75) is 19.3 Å². The van der Waals surface area contributed by atoms with E-state index in [9.17, 15) is 13.2 Å². The zero-order valence-corrected chi connectivity index (χ0v) is 15.5. The maximum atomic E-state index is 12.6. The molecule has 0 aliphatic rings. The third-order valence-corrected chi connectivity index (χ3v) is 5.01. The molecule has 0 amide bonds. The number of rotatable bonds is 5. The van der Waals surface area contributed by atoms with Crippen molar-refractivity contribution in [2.75, 3.05) is 7.05 Å². The van der Waals surface area contributed by atoms with E-state index in [1.807, 2.05) is 24.1 Å². The quantitative estimate of drug-likeness (QED) is 0.555. The van der Waals surface area contributed by atoms with Gasteiger partial charge in [-0.15, -0.1) is 11.3 Å². The van der Waals surface area contributed by atoms with E-state index in [0.29, 0.717) is 18.0 Å². The van der Waals surface area contributed by atoms with E-state index >= 15 is 0 Å². The Bertz CT molecular complexity index is 845. The average molecular weight is 432 g/mol. The molecule has 0 bridgehead atoms. The van der Waals surface area contributed by atoms with Crippen molar-refractivity contribution in [3.8, 4) is 11.4 Å². The Balaban J connectivity index is 1.65. The first-order valence-electron chi connectivity index (χ1n) is 7.24. The van der Waals surface area contributed by atoms with Crippen molar-refractivity contribution in [1.82, 2.24) is 15.0 Å². The number of thiophene rings is 1. The molecule has 3 aromatic rings. The molecule has 0 aliphatic carbocycles. The van der Waals surface area contributed by atoms with E-state index in [0.717, 1.165) is 22.5 Å². The van der Waals surface area contributed by atoms with Gasteiger partial charge in [-0.3, -0.25) is 4.90 Å². The van der Waals surface area contributed by atoms with Crippen molar-refractivity contribution < 1.29 is 17.7 Å². The molecule has 9 heteroatoms. The minimum Gasteiger partial charge on any atom is -0.338 e. The normalized spacial score (nSPS) is 12.1. The summed E-state index contributed by atoms with van der Waals surface area (Å²) >= 11 is 5.07. The van der Waals surface area contributed by atoms with Crippen LogP contribution in [0.15, 0.2) is 44.7 Å². The lowest BCUT2D eigenvalue weighted by Gasteiger charge is -2.12. The number of aromatic nitrogens is 2. The Labute approximate surface area is 154 Å². The SMILES string of the molecule is CN(Cc1nc(-c2ccc(C(F)(F)F)cc2)no1)Cc1ccc(Br)s1. The molecule has 0 radical (unpaired) electrons. The van der Waals surface area contributed by atoms with Gasteiger partial charge >= 0.3 is 6.18 Å². The smallest absolute Gasteiger partial charge is 0.338 e. The zero-order chi connectivity index (χ0) is 18.0. The summed E-state index contributed by atoms with van der Waals surface area (Å²) in [5, 5.41) is 3.84. The van der Waals surface area contributed by atoms with Crippen molar-refractivity contribution >= 4 is 27.3 Å². The summed E-state index contributed by atoms with van der Waals surface area (Å²) in [5.74, 6) is 0.684. The van der Waals surface area contributed by atoms with E-state index in [4.69, 9.17) is 4.52 Å². The van der Waals surface area contributed by atoms with Crippen LogP contribution in [0.2, 0.25) is 0 Å². The van der Waals surface area contributed by atoms with Gasteiger partial charge in [0.1, 0.15) is 0 Å². The number of hydrogen-bond donors (Lipinski definition) is 0. The lowest BCUT2D eigenvalue weighted by molar-refractivity contribution is -0.137. The van der Waals surface area contributed by atoms with E-state index in [-0.39, 0.29) is 5.82 Å². The number of halogens is 4. The fourth-order valence-corrected chi connectivity index (χ4v) is 3.80. The standard InChI is InChI=1S/C16H13BrF3N3OS/c1-23(8-12-6-7-13(17)25-12)9-14-21-15(22-24-14)10-2-4-11(5-3-10)16(18,19)20/h2-7H,8-9H2,1H3. The highest BCUT2D eigenvalue weighted by Crippen LogP contribution is 2.30. The molecule has 3 rings (SSSR count). The van der Waals surface area contributed by atoms with Crippen LogP contribution in [0.3, 0.4) is 0 Å². The van der Waals surface area contributed by atoms with Crippen LogP contribution in [0.1, 0.15) is 16.3 Å². The molecule has 2 aromatic heterocycles. The molecule has 0 N–H and O–H groups in total. The fraction of sp³-hybridized carbons (Fsp3) is 0.250. The van der Waals surface area contributed by atoms with Crippen LogP contribution in [0.25, 0.3) is 11.4 Å². The summed E-state index contributed by atoms with van der Waals surface area (Å²) < 4.78 is 44.0. The highest BCUT2D eigenvalue weighted by molar-refractivity contribution is 9.11. The predicted molar refractivity (Wildman–Crippen MR) is 91.9 cm³/mol. The van der Waals surface area contributed by atoms with E-state index in [1.54, 1.807) is 11.3 Å². The topological polar surface area (TPSA) is 42.2 Å². The van der Waals surface area contributed by atoms with E-state index < -0.39 is 11.7 Å². The van der Waals surface area contributed by atoms with Crippen LogP contribution in [0.5, 0.6) is 0 Å². The van der Waals surface area contributed by atoms with Crippen molar-refractivity contribution in [3.63, 3.8) is 0 Å². The van der Waals surface area contributed by atoms with Crippen LogP contribution in [0, 0.1) is 0 Å². The first-order valence-corrected chi connectivity index (χ1v) is 8.85. The number of hydrogen-bond acceptors (Lipinski definition) is 5. The van der Waals surface area contributed by atoms with E-state index in [2.05, 4.69) is 26.1 Å². The summed E-state index contributed by atoms with van der Waals surface area (Å²) in [6, 6.07) is 8.71. The molecule has 0 aliphatic heterocycles. The minimum absolute atomic E-state index is 0.274. The molecule has 4 nitrogen and oxygen atoms in total. The second-order valence-corrected chi connectivity index (χ2v) is 8.01. The molecule has 132 valence electrons. The largest absolute Gasteiger partial charge is 0.416 e. The molecule has 0 fully saturated rings. The maximum absolute atomic E-state index is 12.6. The average Bonchev–Trinajstić information content (AvgIpc) is 3.16. The minimum atomic E-state index is -4.36. The highest BCUT2D eigenvalue weighted by Gasteiger charge is 2.30. The van der Waals surface area contributed by atoms with Gasteiger partial charge < -0.3 is 4.52 Å². The summed E-state index contributed by atoms with van der Waals surface area (Å²) in [4.78, 5) is 7.46. The first-order chi connectivity index (χ1) is 11.8. The summed E-state index contributed by atoms with van der Waals surface area (Å²) in [5.41, 5.74) is -0.227. The summed E-state index contributed by atoms with van der Waals surface area (Å²) in [6.45, 7) is 1.18. The molecule has 25 heavy (non-hydrogen) atoms. The van der Waals surface area contributed by atoms with Gasteiger partial charge in [-0.05, 0) is 47.2 Å². The second-order valence-electron chi connectivity index (χ2n) is 5.46. The first kappa shape index (κ1) is 18.1. The molecule has 0 saturated carbocycles. The molecule has 2 heterocycles. The van der Waals surface area contributed by atoms with Crippen LogP contribution >= 0.6 is 27.3 Å².